The van der Waals surface area contributed by atoms with E-state index < -0.39 is 18.2 Å². The van der Waals surface area contributed by atoms with Gasteiger partial charge in [0.25, 0.3) is 0 Å². The second-order valence-corrected chi connectivity index (χ2v) is 8.91. The van der Waals surface area contributed by atoms with Gasteiger partial charge in [0.2, 0.25) is 11.8 Å². The minimum Gasteiger partial charge on any atom is -0.482 e. The number of nitrogens with zero attached hydrogens (tertiary/aromatic N) is 1. The zero-order valence-electron chi connectivity index (χ0n) is 17.5. The normalized spacial score (nSPS) is 23.1. The molecule has 0 saturated heterocycles. The summed E-state index contributed by atoms with van der Waals surface area (Å²) in [5.41, 5.74) is 0.422. The summed E-state index contributed by atoms with van der Waals surface area (Å²) in [7, 11) is 1.56. The van der Waals surface area contributed by atoms with Crippen LogP contribution in [0.15, 0.2) is 35.9 Å². The van der Waals surface area contributed by atoms with E-state index in [1.54, 1.807) is 24.2 Å². The molecule has 3 N–H and O–H groups in total. The summed E-state index contributed by atoms with van der Waals surface area (Å²) in [6, 6.07) is 6.80. The van der Waals surface area contributed by atoms with Crippen LogP contribution < -0.4 is 10.1 Å². The first-order valence-electron chi connectivity index (χ1n) is 10.4. The Labute approximate surface area is 195 Å². The van der Waals surface area contributed by atoms with Gasteiger partial charge in [0.15, 0.2) is 0 Å². The van der Waals surface area contributed by atoms with E-state index in [2.05, 4.69) is 27.9 Å². The average Bonchev–Trinajstić information content (AvgIpc) is 3.61. The largest absolute Gasteiger partial charge is 0.482 e. The molecule has 0 bridgehead atoms. The van der Waals surface area contributed by atoms with Crippen molar-refractivity contribution in [3.8, 4) is 5.75 Å². The number of benzene rings is 1. The minimum absolute atomic E-state index is 0.0221. The van der Waals surface area contributed by atoms with Gasteiger partial charge in [-0.1, -0.05) is 12.1 Å². The molecule has 0 unspecified atom stereocenters. The molecule has 31 heavy (non-hydrogen) atoms. The Balaban J connectivity index is 1.89. The monoisotopic (exact) mass is 544 g/mol. The van der Waals surface area contributed by atoms with Gasteiger partial charge in [0.1, 0.15) is 18.0 Å². The van der Waals surface area contributed by atoms with Gasteiger partial charge in [-0.05, 0) is 53.6 Å². The van der Waals surface area contributed by atoms with Crippen molar-refractivity contribution in [2.24, 2.45) is 5.92 Å². The van der Waals surface area contributed by atoms with Crippen LogP contribution >= 0.6 is 22.6 Å². The van der Waals surface area contributed by atoms with Crippen LogP contribution in [0.5, 0.6) is 5.75 Å². The SMILES string of the molecule is COCCN(C(=O)C1CC1)[C@@H]1CC(C(=O)NCCO)=C[C@H](Oc2ccccc2I)[C@H]1O. The molecule has 3 atom stereocenters. The predicted molar refractivity (Wildman–Crippen MR) is 122 cm³/mol. The maximum absolute atomic E-state index is 13.0. The molecule has 0 aliphatic heterocycles. The van der Waals surface area contributed by atoms with Crippen LogP contribution in [0.1, 0.15) is 19.3 Å². The first-order valence-corrected chi connectivity index (χ1v) is 11.5. The molecule has 0 radical (unpaired) electrons. The van der Waals surface area contributed by atoms with Crippen molar-refractivity contribution in [3.63, 3.8) is 0 Å². The summed E-state index contributed by atoms with van der Waals surface area (Å²) in [4.78, 5) is 27.3. The number of carbonyl (C=O) groups excluding carboxylic acids is 2. The number of aliphatic hydroxyl groups excluding tert-OH is 2. The van der Waals surface area contributed by atoms with Gasteiger partial charge in [-0.3, -0.25) is 9.59 Å². The first-order chi connectivity index (χ1) is 15.0. The van der Waals surface area contributed by atoms with E-state index in [4.69, 9.17) is 14.6 Å². The van der Waals surface area contributed by atoms with Crippen molar-refractivity contribution in [1.29, 1.82) is 0 Å². The highest BCUT2D eigenvalue weighted by Gasteiger charge is 2.43. The quantitative estimate of drug-likeness (QED) is 0.381. The molecule has 0 spiro atoms. The molecule has 2 aliphatic rings. The molecule has 0 aromatic heterocycles. The maximum Gasteiger partial charge on any atom is 0.247 e. The predicted octanol–water partition coefficient (Wildman–Crippen LogP) is 1.09. The average molecular weight is 544 g/mol. The van der Waals surface area contributed by atoms with Crippen molar-refractivity contribution in [2.75, 3.05) is 33.4 Å². The van der Waals surface area contributed by atoms with E-state index in [0.29, 0.717) is 24.5 Å². The van der Waals surface area contributed by atoms with E-state index in [1.807, 2.05) is 18.2 Å². The lowest BCUT2D eigenvalue weighted by Crippen LogP contribution is -2.56. The summed E-state index contributed by atoms with van der Waals surface area (Å²) < 4.78 is 12.2. The van der Waals surface area contributed by atoms with E-state index in [1.165, 1.54) is 0 Å². The third-order valence-electron chi connectivity index (χ3n) is 5.46. The van der Waals surface area contributed by atoms with Crippen LogP contribution in [-0.4, -0.2) is 78.6 Å². The molecule has 1 saturated carbocycles. The number of methoxy groups -OCH3 is 1. The summed E-state index contributed by atoms with van der Waals surface area (Å²) in [6.07, 6.45) is 1.69. The van der Waals surface area contributed by atoms with Gasteiger partial charge in [0.05, 0.1) is 22.8 Å². The number of para-hydroxylation sites is 1. The van der Waals surface area contributed by atoms with Gasteiger partial charge in [-0.25, -0.2) is 0 Å². The Morgan fingerprint density at radius 3 is 2.68 bits per heavy atom. The molecular weight excluding hydrogens is 515 g/mol. The Hall–Kier alpha value is -1.69. The fourth-order valence-electron chi connectivity index (χ4n) is 3.66. The second kappa shape index (κ2) is 11.3. The van der Waals surface area contributed by atoms with Crippen LogP contribution in [0.4, 0.5) is 0 Å². The molecule has 170 valence electrons. The highest BCUT2D eigenvalue weighted by atomic mass is 127. The summed E-state index contributed by atoms with van der Waals surface area (Å²) in [5, 5.41) is 22.9. The smallest absolute Gasteiger partial charge is 0.247 e. The van der Waals surface area contributed by atoms with Gasteiger partial charge in [-0.15, -0.1) is 0 Å². The molecule has 3 rings (SSSR count). The van der Waals surface area contributed by atoms with Gasteiger partial charge >= 0.3 is 0 Å². The van der Waals surface area contributed by atoms with Gasteiger partial charge in [-0.2, -0.15) is 0 Å². The van der Waals surface area contributed by atoms with Crippen LogP contribution in [0, 0.1) is 9.49 Å². The first kappa shape index (κ1) is 24.0. The summed E-state index contributed by atoms with van der Waals surface area (Å²) in [6.45, 7) is 0.613. The Kier molecular flexibility index (Phi) is 8.70. The van der Waals surface area contributed by atoms with Crippen molar-refractivity contribution >= 4 is 34.4 Å². The highest BCUT2D eigenvalue weighted by Crippen LogP contribution is 2.35. The van der Waals surface area contributed by atoms with Crippen molar-refractivity contribution in [3.05, 3.63) is 39.5 Å². The van der Waals surface area contributed by atoms with Gasteiger partial charge in [0, 0.05) is 38.1 Å². The van der Waals surface area contributed by atoms with Crippen LogP contribution in [0.25, 0.3) is 0 Å². The third-order valence-corrected chi connectivity index (χ3v) is 6.35. The number of hydrogen-bond donors (Lipinski definition) is 3. The zero-order valence-corrected chi connectivity index (χ0v) is 19.7. The molecule has 2 amide bonds. The number of carbonyl (C=O) groups is 2. The highest BCUT2D eigenvalue weighted by molar-refractivity contribution is 14.1. The van der Waals surface area contributed by atoms with Crippen LogP contribution in [0.2, 0.25) is 0 Å². The number of amides is 2. The number of rotatable bonds is 10. The molecular formula is C22H29IN2O6. The van der Waals surface area contributed by atoms with Crippen LogP contribution in [-0.2, 0) is 14.3 Å². The third kappa shape index (κ3) is 6.18. The number of aliphatic hydroxyl groups is 2. The fraction of sp³-hybridized carbons (Fsp3) is 0.545. The standard InChI is InChI=1S/C22H29IN2O6/c1-30-11-9-25(22(29)14-6-7-14)17-12-15(21(28)24-8-10-26)13-19(20(17)27)31-18-5-3-2-4-16(18)23/h2-5,13-14,17,19-20,26-27H,6-12H2,1H3,(H,24,28)/t17-,19+,20+/m1/s1. The van der Waals surface area contributed by atoms with E-state index in [-0.39, 0.29) is 37.3 Å². The number of hydrogen-bond acceptors (Lipinski definition) is 6. The summed E-state index contributed by atoms with van der Waals surface area (Å²) in [5.74, 6) is 0.200. The van der Waals surface area contributed by atoms with Crippen molar-refractivity contribution in [2.45, 2.75) is 37.5 Å². The van der Waals surface area contributed by atoms with Crippen molar-refractivity contribution in [1.82, 2.24) is 10.2 Å². The van der Waals surface area contributed by atoms with Gasteiger partial charge < -0.3 is 29.9 Å². The zero-order chi connectivity index (χ0) is 22.4. The lowest BCUT2D eigenvalue weighted by molar-refractivity contribution is -0.140. The lowest BCUT2D eigenvalue weighted by Gasteiger charge is -2.40. The number of halogens is 1. The van der Waals surface area contributed by atoms with E-state index in [9.17, 15) is 14.7 Å². The fourth-order valence-corrected chi connectivity index (χ4v) is 4.17. The number of nitrogens with one attached hydrogen (secondary N) is 1. The number of ether oxygens (including phenoxy) is 2. The molecule has 1 aromatic rings. The molecule has 9 heteroatoms. The summed E-state index contributed by atoms with van der Waals surface area (Å²) >= 11 is 2.15. The topological polar surface area (TPSA) is 108 Å². The molecule has 0 heterocycles. The Morgan fingerprint density at radius 2 is 2.03 bits per heavy atom. The maximum atomic E-state index is 13.0. The molecule has 2 aliphatic carbocycles. The van der Waals surface area contributed by atoms with Crippen molar-refractivity contribution < 1.29 is 29.3 Å². The molecule has 1 fully saturated rings. The van der Waals surface area contributed by atoms with Crippen LogP contribution in [0.3, 0.4) is 0 Å². The Bertz CT molecular complexity index is 813. The molecule has 8 nitrogen and oxygen atoms in total. The van der Waals surface area contributed by atoms with E-state index in [0.717, 1.165) is 16.4 Å². The minimum atomic E-state index is -1.01. The lowest BCUT2D eigenvalue weighted by atomic mass is 9.88. The Morgan fingerprint density at radius 1 is 1.29 bits per heavy atom. The second-order valence-electron chi connectivity index (χ2n) is 7.75. The van der Waals surface area contributed by atoms with E-state index >= 15 is 0 Å². The molecule has 1 aromatic carbocycles.